The van der Waals surface area contributed by atoms with Crippen molar-refractivity contribution in [1.82, 2.24) is 25.0 Å². The Morgan fingerprint density at radius 1 is 1.19 bits per heavy atom. The van der Waals surface area contributed by atoms with Gasteiger partial charge >= 0.3 is 0 Å². The maximum absolute atomic E-state index is 13.1. The van der Waals surface area contributed by atoms with Gasteiger partial charge in [0.1, 0.15) is 11.6 Å². The van der Waals surface area contributed by atoms with Gasteiger partial charge in [0.15, 0.2) is 0 Å². The van der Waals surface area contributed by atoms with Gasteiger partial charge in [-0.25, -0.2) is 0 Å². The summed E-state index contributed by atoms with van der Waals surface area (Å²) in [5, 5.41) is 14.3. The molecule has 1 atom stereocenters. The molecular weight excluding hydrogens is 382 g/mol. The topological polar surface area (TPSA) is 63.1 Å². The Hall–Kier alpha value is -1.44. The predicted octanol–water partition coefficient (Wildman–Crippen LogP) is 2.69. The molecule has 0 radical (unpaired) electrons. The Morgan fingerprint density at radius 3 is 2.89 bits per heavy atom. The molecule has 2 aliphatic heterocycles. The second kappa shape index (κ2) is 7.89. The summed E-state index contributed by atoms with van der Waals surface area (Å²) in [6.07, 6.45) is 5.29. The Morgan fingerprint density at radius 2 is 2.04 bits per heavy atom. The van der Waals surface area contributed by atoms with E-state index in [0.717, 1.165) is 76.5 Å². The van der Waals surface area contributed by atoms with E-state index < -0.39 is 0 Å². The minimum atomic E-state index is 0. The van der Waals surface area contributed by atoms with Crippen molar-refractivity contribution in [2.75, 3.05) is 19.6 Å². The number of piperidine rings is 1. The van der Waals surface area contributed by atoms with Crippen molar-refractivity contribution >= 4 is 29.7 Å². The van der Waals surface area contributed by atoms with Crippen LogP contribution in [0.2, 0.25) is 0 Å². The van der Waals surface area contributed by atoms with Crippen LogP contribution in [-0.4, -0.2) is 45.2 Å². The molecule has 1 unspecified atom stereocenters. The number of fused-ring (bicyclic) bond motifs is 2. The summed E-state index contributed by atoms with van der Waals surface area (Å²) in [6.45, 7) is 4.45. The van der Waals surface area contributed by atoms with Gasteiger partial charge in [-0.2, -0.15) is 0 Å². The molecule has 3 aliphatic rings. The average Bonchev–Trinajstić information content (AvgIpc) is 3.34. The van der Waals surface area contributed by atoms with Gasteiger partial charge in [-0.3, -0.25) is 4.79 Å². The zero-order valence-electron chi connectivity index (χ0n) is 15.4. The molecule has 2 aromatic heterocycles. The third-order valence-corrected chi connectivity index (χ3v) is 7.17. The molecular formula is C19H26ClN5OS. The maximum Gasteiger partial charge on any atom is 0.230 e. The van der Waals surface area contributed by atoms with Crippen LogP contribution >= 0.6 is 23.7 Å². The normalized spacial score (nSPS) is 22.7. The number of nitrogens with zero attached hydrogens (tertiary/aromatic N) is 4. The molecule has 5 rings (SSSR count). The molecule has 1 fully saturated rings. The zero-order valence-corrected chi connectivity index (χ0v) is 17.0. The van der Waals surface area contributed by atoms with E-state index in [-0.39, 0.29) is 18.3 Å². The van der Waals surface area contributed by atoms with E-state index in [1.165, 1.54) is 10.4 Å². The number of hydrogen-bond acceptors (Lipinski definition) is 5. The summed E-state index contributed by atoms with van der Waals surface area (Å²) in [5.41, 5.74) is 1.30. The summed E-state index contributed by atoms with van der Waals surface area (Å²) in [5.74, 6) is 3.05. The Labute approximate surface area is 169 Å². The van der Waals surface area contributed by atoms with Crippen LogP contribution in [0.3, 0.4) is 0 Å². The van der Waals surface area contributed by atoms with Crippen molar-refractivity contribution in [2.24, 2.45) is 0 Å². The molecule has 1 aliphatic carbocycles. The lowest BCUT2D eigenvalue weighted by atomic mass is 9.85. The molecule has 0 bridgehead atoms. The Kier molecular flexibility index (Phi) is 5.53. The van der Waals surface area contributed by atoms with Crippen LogP contribution in [-0.2, 0) is 24.3 Å². The highest BCUT2D eigenvalue weighted by Gasteiger charge is 2.34. The van der Waals surface area contributed by atoms with Gasteiger partial charge in [0.25, 0.3) is 0 Å². The van der Waals surface area contributed by atoms with Crippen LogP contribution in [0.4, 0.5) is 0 Å². The van der Waals surface area contributed by atoms with Crippen LogP contribution in [0.1, 0.15) is 59.6 Å². The number of nitrogens with one attached hydrogen (secondary N) is 1. The zero-order chi connectivity index (χ0) is 17.5. The van der Waals surface area contributed by atoms with E-state index in [0.29, 0.717) is 11.8 Å². The van der Waals surface area contributed by atoms with Gasteiger partial charge in [0.2, 0.25) is 5.91 Å². The van der Waals surface area contributed by atoms with Crippen molar-refractivity contribution in [3.63, 3.8) is 0 Å². The maximum atomic E-state index is 13.1. The molecule has 1 saturated heterocycles. The number of amides is 1. The van der Waals surface area contributed by atoms with Crippen LogP contribution in [0, 0.1) is 0 Å². The predicted molar refractivity (Wildman–Crippen MR) is 108 cm³/mol. The molecule has 0 saturated carbocycles. The average molecular weight is 408 g/mol. The smallest absolute Gasteiger partial charge is 0.230 e. The van der Waals surface area contributed by atoms with Gasteiger partial charge in [-0.05, 0) is 49.1 Å². The summed E-state index contributed by atoms with van der Waals surface area (Å²) in [7, 11) is 0. The number of rotatable bonds is 2. The summed E-state index contributed by atoms with van der Waals surface area (Å²) >= 11 is 1.81. The van der Waals surface area contributed by atoms with Crippen molar-refractivity contribution in [2.45, 2.75) is 57.0 Å². The van der Waals surface area contributed by atoms with Crippen molar-refractivity contribution < 1.29 is 4.79 Å². The first kappa shape index (κ1) is 18.9. The monoisotopic (exact) mass is 407 g/mol. The van der Waals surface area contributed by atoms with E-state index >= 15 is 0 Å². The number of carbonyl (C=O) groups excluding carboxylic acids is 1. The summed E-state index contributed by atoms with van der Waals surface area (Å²) in [4.78, 5) is 16.7. The Balaban J connectivity index is 0.00000180. The molecule has 1 N–H and O–H groups in total. The molecule has 1 amide bonds. The molecule has 6 nitrogen and oxygen atoms in total. The van der Waals surface area contributed by atoms with Gasteiger partial charge in [0, 0.05) is 37.0 Å². The third-order valence-electron chi connectivity index (χ3n) is 6.17. The highest BCUT2D eigenvalue weighted by molar-refractivity contribution is 7.10. The molecule has 27 heavy (non-hydrogen) atoms. The number of thiophene rings is 1. The molecule has 0 aromatic carbocycles. The first-order chi connectivity index (χ1) is 12.8. The van der Waals surface area contributed by atoms with Gasteiger partial charge < -0.3 is 14.8 Å². The molecule has 4 heterocycles. The standard InChI is InChI=1S/C19H25N5OS.ClH/c25-19(15-2-1-3-16-14(15)6-11-26-16)23-8-4-13(5-9-23)18-22-21-17-12-20-7-10-24(17)18;/h6,11,13,15,20H,1-5,7-10,12H2;1H. The molecule has 0 spiro atoms. The number of carbonyl (C=O) groups is 1. The van der Waals surface area contributed by atoms with E-state index in [1.807, 2.05) is 11.3 Å². The first-order valence-electron chi connectivity index (χ1n) is 9.79. The lowest BCUT2D eigenvalue weighted by Crippen LogP contribution is -2.41. The molecule has 2 aromatic rings. The number of likely N-dealkylation sites (tertiary alicyclic amines) is 1. The van der Waals surface area contributed by atoms with E-state index in [1.54, 1.807) is 0 Å². The minimum Gasteiger partial charge on any atom is -0.342 e. The second-order valence-corrected chi connectivity index (χ2v) is 8.65. The number of hydrogen-bond donors (Lipinski definition) is 1. The number of aromatic nitrogens is 3. The summed E-state index contributed by atoms with van der Waals surface area (Å²) < 4.78 is 2.29. The lowest BCUT2D eigenvalue weighted by Gasteiger charge is -2.35. The van der Waals surface area contributed by atoms with E-state index in [4.69, 9.17) is 0 Å². The van der Waals surface area contributed by atoms with E-state index in [9.17, 15) is 4.79 Å². The SMILES string of the molecule is Cl.O=C(C1CCCc2sccc21)N1CCC(c2nnc3n2CCNC3)CC1. The van der Waals surface area contributed by atoms with Gasteiger partial charge in [0.05, 0.1) is 12.5 Å². The second-order valence-electron chi connectivity index (χ2n) is 7.65. The third kappa shape index (κ3) is 3.41. The molecule has 8 heteroatoms. The fraction of sp³-hybridized carbons (Fsp3) is 0.632. The van der Waals surface area contributed by atoms with Crippen molar-refractivity contribution in [3.05, 3.63) is 33.5 Å². The van der Waals surface area contributed by atoms with Crippen LogP contribution < -0.4 is 5.32 Å². The van der Waals surface area contributed by atoms with Crippen LogP contribution in [0.15, 0.2) is 11.4 Å². The quantitative estimate of drug-likeness (QED) is 0.831. The van der Waals surface area contributed by atoms with Gasteiger partial charge in [-0.15, -0.1) is 33.9 Å². The largest absolute Gasteiger partial charge is 0.342 e. The van der Waals surface area contributed by atoms with Crippen LogP contribution in [0.5, 0.6) is 0 Å². The summed E-state index contributed by atoms with van der Waals surface area (Å²) in [6, 6.07) is 2.17. The fourth-order valence-corrected chi connectivity index (χ4v) is 5.73. The highest BCUT2D eigenvalue weighted by atomic mass is 35.5. The number of aryl methyl sites for hydroxylation is 1. The first-order valence-corrected chi connectivity index (χ1v) is 10.7. The van der Waals surface area contributed by atoms with Crippen molar-refractivity contribution in [3.8, 4) is 0 Å². The number of halogens is 1. The van der Waals surface area contributed by atoms with E-state index in [2.05, 4.69) is 36.4 Å². The minimum absolute atomic E-state index is 0. The highest BCUT2D eigenvalue weighted by Crippen LogP contribution is 2.37. The van der Waals surface area contributed by atoms with Gasteiger partial charge in [-0.1, -0.05) is 0 Å². The lowest BCUT2D eigenvalue weighted by molar-refractivity contribution is -0.134. The molecule has 146 valence electrons. The van der Waals surface area contributed by atoms with Crippen LogP contribution in [0.25, 0.3) is 0 Å². The Bertz CT molecular complexity index is 811. The fourth-order valence-electron chi connectivity index (χ4n) is 4.74. The van der Waals surface area contributed by atoms with Crippen molar-refractivity contribution in [1.29, 1.82) is 0 Å².